The highest BCUT2D eigenvalue weighted by Crippen LogP contribution is 2.32. The monoisotopic (exact) mass is 526 g/mol. The predicted molar refractivity (Wildman–Crippen MR) is 132 cm³/mol. The molecule has 2 aliphatic rings. The number of H-pyrrole nitrogens is 1. The number of ether oxygens (including phenoxy) is 1. The third kappa shape index (κ3) is 4.70. The number of hydrogen-bond acceptors (Lipinski definition) is 6. The maximum atomic E-state index is 13.5. The van der Waals surface area contributed by atoms with E-state index in [1.165, 1.54) is 5.56 Å². The number of benzene rings is 2. The van der Waals surface area contributed by atoms with Crippen molar-refractivity contribution in [3.63, 3.8) is 0 Å². The lowest BCUT2D eigenvalue weighted by atomic mass is 10.1. The first-order valence-corrected chi connectivity index (χ1v) is 12.0. The summed E-state index contributed by atoms with van der Waals surface area (Å²) in [7, 11) is 0. The summed E-state index contributed by atoms with van der Waals surface area (Å²) in [5, 5.41) is 11.9. The van der Waals surface area contributed by atoms with Gasteiger partial charge in [-0.3, -0.25) is 19.7 Å². The zero-order valence-corrected chi connectivity index (χ0v) is 20.3. The van der Waals surface area contributed by atoms with Gasteiger partial charge in [0.15, 0.2) is 11.5 Å². The molecule has 0 radical (unpaired) electrons. The summed E-state index contributed by atoms with van der Waals surface area (Å²) in [4.78, 5) is 17.5. The molecule has 0 saturated carbocycles. The molecule has 1 saturated heterocycles. The maximum absolute atomic E-state index is 13.5. The molecular formula is C23H23BrN6O2S. The zero-order chi connectivity index (χ0) is 22.8. The van der Waals surface area contributed by atoms with Gasteiger partial charge in [-0.2, -0.15) is 14.9 Å². The third-order valence-electron chi connectivity index (χ3n) is 5.79. The minimum Gasteiger partial charge on any atom is -0.379 e. The van der Waals surface area contributed by atoms with Crippen molar-refractivity contribution in [1.82, 2.24) is 19.8 Å². The van der Waals surface area contributed by atoms with E-state index in [4.69, 9.17) is 22.1 Å². The molecular weight excluding hydrogens is 504 g/mol. The number of hydrogen-bond donors (Lipinski definition) is 1. The number of rotatable bonds is 6. The van der Waals surface area contributed by atoms with Gasteiger partial charge in [0.2, 0.25) is 4.77 Å². The molecule has 2 aromatic carbocycles. The Bertz CT molecular complexity index is 1250. The van der Waals surface area contributed by atoms with Gasteiger partial charge >= 0.3 is 0 Å². The van der Waals surface area contributed by atoms with Crippen molar-refractivity contribution in [3.8, 4) is 0 Å². The van der Waals surface area contributed by atoms with Crippen LogP contribution in [0.2, 0.25) is 0 Å². The van der Waals surface area contributed by atoms with E-state index >= 15 is 0 Å². The number of aromatic nitrogens is 3. The van der Waals surface area contributed by atoms with E-state index in [-0.39, 0.29) is 5.91 Å². The molecule has 0 spiro atoms. The molecule has 8 nitrogen and oxygen atoms in total. The average molecular weight is 527 g/mol. The second-order valence-corrected chi connectivity index (χ2v) is 9.26. The van der Waals surface area contributed by atoms with Gasteiger partial charge in [-0.15, -0.1) is 0 Å². The van der Waals surface area contributed by atoms with Crippen molar-refractivity contribution in [2.45, 2.75) is 12.8 Å². The van der Waals surface area contributed by atoms with Crippen LogP contribution in [0.3, 0.4) is 0 Å². The summed E-state index contributed by atoms with van der Waals surface area (Å²) in [5.74, 6) is 0.541. The van der Waals surface area contributed by atoms with Crippen LogP contribution in [0.15, 0.2) is 58.1 Å². The Kier molecular flexibility index (Phi) is 6.50. The molecule has 2 aliphatic heterocycles. The minimum atomic E-state index is -0.147. The zero-order valence-electron chi connectivity index (χ0n) is 17.9. The number of anilines is 1. The molecule has 5 rings (SSSR count). The Morgan fingerprint density at radius 1 is 1.12 bits per heavy atom. The Balaban J connectivity index is 1.47. The second kappa shape index (κ2) is 9.68. The van der Waals surface area contributed by atoms with Crippen molar-refractivity contribution in [3.05, 3.63) is 74.7 Å². The standard InChI is InChI=1S/C23H23BrN6O2S/c24-17-7-8-19-18(14-17)21(22(31)29(19)15-28-10-12-32-13-11-28)27-30-20(25-26-23(30)33)9-6-16-4-2-1-3-5-16/h1-5,7-8,14H,6,9-13,15H2,(H,26,33)/b27-21-. The van der Waals surface area contributed by atoms with Crippen LogP contribution >= 0.6 is 28.1 Å². The van der Waals surface area contributed by atoms with E-state index in [2.05, 4.69) is 43.2 Å². The van der Waals surface area contributed by atoms with Crippen molar-refractivity contribution < 1.29 is 9.53 Å². The van der Waals surface area contributed by atoms with Gasteiger partial charge in [-0.1, -0.05) is 46.3 Å². The van der Waals surface area contributed by atoms with E-state index in [0.717, 1.165) is 35.2 Å². The highest BCUT2D eigenvalue weighted by atomic mass is 79.9. The van der Waals surface area contributed by atoms with Gasteiger partial charge in [0.05, 0.1) is 25.6 Å². The highest BCUT2D eigenvalue weighted by Gasteiger charge is 2.36. The number of halogens is 1. The molecule has 0 unspecified atom stereocenters. The van der Waals surface area contributed by atoms with Crippen molar-refractivity contribution in [1.29, 1.82) is 0 Å². The molecule has 3 aromatic rings. The van der Waals surface area contributed by atoms with E-state index < -0.39 is 0 Å². The van der Waals surface area contributed by atoms with Crippen LogP contribution in [0.1, 0.15) is 17.0 Å². The number of nitrogens with zero attached hydrogens (tertiary/aromatic N) is 5. The molecule has 1 aromatic heterocycles. The Morgan fingerprint density at radius 3 is 2.70 bits per heavy atom. The molecule has 1 N–H and O–H groups in total. The van der Waals surface area contributed by atoms with Crippen molar-refractivity contribution in [2.75, 3.05) is 37.9 Å². The molecule has 0 bridgehead atoms. The second-order valence-electron chi connectivity index (χ2n) is 7.96. The summed E-state index contributed by atoms with van der Waals surface area (Å²) in [6, 6.07) is 16.0. The number of aromatic amines is 1. The van der Waals surface area contributed by atoms with Crippen LogP contribution in [0, 0.1) is 4.77 Å². The van der Waals surface area contributed by atoms with E-state index in [9.17, 15) is 4.79 Å². The summed E-state index contributed by atoms with van der Waals surface area (Å²) in [6.07, 6.45) is 1.44. The Hall–Kier alpha value is -2.66. The maximum Gasteiger partial charge on any atom is 0.280 e. The van der Waals surface area contributed by atoms with Gasteiger partial charge in [0, 0.05) is 29.5 Å². The van der Waals surface area contributed by atoms with Gasteiger partial charge < -0.3 is 4.74 Å². The predicted octanol–water partition coefficient (Wildman–Crippen LogP) is 3.38. The number of aryl methyl sites for hydroxylation is 2. The van der Waals surface area contributed by atoms with E-state index in [1.54, 1.807) is 9.58 Å². The number of morpholine rings is 1. The normalized spacial score (nSPS) is 17.7. The number of carbonyl (C=O) groups is 1. The van der Waals surface area contributed by atoms with Crippen LogP contribution in [0.4, 0.5) is 5.69 Å². The van der Waals surface area contributed by atoms with Gasteiger partial charge in [0.1, 0.15) is 0 Å². The first kappa shape index (κ1) is 22.1. The van der Waals surface area contributed by atoms with E-state index in [0.29, 0.717) is 42.6 Å². The van der Waals surface area contributed by atoms with Crippen LogP contribution in [-0.2, 0) is 22.4 Å². The fourth-order valence-electron chi connectivity index (χ4n) is 4.06. The van der Waals surface area contributed by atoms with Crippen molar-refractivity contribution >= 4 is 45.5 Å². The van der Waals surface area contributed by atoms with Crippen LogP contribution in [0.5, 0.6) is 0 Å². The smallest absolute Gasteiger partial charge is 0.280 e. The SMILES string of the molecule is O=C1/C(=N\n2c(CCc3ccccc3)n[nH]c2=S)c2cc(Br)ccc2N1CN1CCOCC1. The summed E-state index contributed by atoms with van der Waals surface area (Å²) < 4.78 is 8.27. The van der Waals surface area contributed by atoms with Crippen LogP contribution in [-0.4, -0.2) is 64.4 Å². The number of carbonyl (C=O) groups excluding carboxylic acids is 1. The van der Waals surface area contributed by atoms with Gasteiger partial charge in [-0.05, 0) is 42.4 Å². The fourth-order valence-corrected chi connectivity index (χ4v) is 4.61. The minimum absolute atomic E-state index is 0.147. The first-order chi connectivity index (χ1) is 16.1. The lowest BCUT2D eigenvalue weighted by Gasteiger charge is -2.30. The Morgan fingerprint density at radius 2 is 1.91 bits per heavy atom. The lowest BCUT2D eigenvalue weighted by molar-refractivity contribution is -0.112. The topological polar surface area (TPSA) is 78.8 Å². The van der Waals surface area contributed by atoms with Crippen LogP contribution < -0.4 is 4.90 Å². The molecule has 0 aliphatic carbocycles. The molecule has 10 heteroatoms. The van der Waals surface area contributed by atoms with Gasteiger partial charge in [-0.25, -0.2) is 0 Å². The van der Waals surface area contributed by atoms with Gasteiger partial charge in [0.25, 0.3) is 5.91 Å². The summed E-state index contributed by atoms with van der Waals surface area (Å²) in [5.41, 5.74) is 3.18. The van der Waals surface area contributed by atoms with Crippen LogP contribution in [0.25, 0.3) is 0 Å². The molecule has 33 heavy (non-hydrogen) atoms. The molecule has 3 heterocycles. The average Bonchev–Trinajstić information content (AvgIpc) is 3.31. The Labute approximate surface area is 205 Å². The molecule has 0 atom stereocenters. The number of amides is 1. The van der Waals surface area contributed by atoms with Crippen molar-refractivity contribution in [2.24, 2.45) is 5.10 Å². The summed E-state index contributed by atoms with van der Waals surface area (Å²) in [6.45, 7) is 3.42. The molecule has 1 amide bonds. The number of fused-ring (bicyclic) bond motifs is 1. The third-order valence-corrected chi connectivity index (χ3v) is 6.55. The largest absolute Gasteiger partial charge is 0.379 e. The fraction of sp³-hybridized carbons (Fsp3) is 0.304. The first-order valence-electron chi connectivity index (χ1n) is 10.8. The quantitative estimate of drug-likeness (QED) is 0.498. The lowest BCUT2D eigenvalue weighted by Crippen LogP contribution is -2.46. The molecule has 170 valence electrons. The number of nitrogens with one attached hydrogen (secondary N) is 1. The summed E-state index contributed by atoms with van der Waals surface area (Å²) >= 11 is 8.97. The molecule has 1 fully saturated rings. The van der Waals surface area contributed by atoms with E-state index in [1.807, 2.05) is 36.4 Å². The highest BCUT2D eigenvalue weighted by molar-refractivity contribution is 9.10.